The summed E-state index contributed by atoms with van der Waals surface area (Å²) >= 11 is 0.101. The van der Waals surface area contributed by atoms with Crippen molar-refractivity contribution in [3.63, 3.8) is 0 Å². The minimum atomic E-state index is 0.101. The maximum absolute atomic E-state index is 5.20. The molecule has 0 N–H and O–H groups in total. The molecule has 0 unspecified atom stereocenters. The molecule has 26 heavy (non-hydrogen) atoms. The van der Waals surface area contributed by atoms with Crippen LogP contribution in [0.3, 0.4) is 0 Å². The van der Waals surface area contributed by atoms with Gasteiger partial charge in [-0.2, -0.15) is 0 Å². The number of methoxy groups -OCH3 is 1. The number of rotatable bonds is 5. The number of pyridine rings is 1. The Labute approximate surface area is 157 Å². The maximum atomic E-state index is 5.20. The van der Waals surface area contributed by atoms with E-state index in [1.54, 1.807) is 11.8 Å². The van der Waals surface area contributed by atoms with Gasteiger partial charge in [-0.3, -0.25) is 0 Å². The van der Waals surface area contributed by atoms with Crippen LogP contribution in [0.1, 0.15) is 0 Å². The van der Waals surface area contributed by atoms with Gasteiger partial charge in [0.2, 0.25) is 0 Å². The molecule has 0 fully saturated rings. The van der Waals surface area contributed by atoms with E-state index in [0.717, 1.165) is 27.3 Å². The summed E-state index contributed by atoms with van der Waals surface area (Å²) in [5.74, 6) is 0.821. The summed E-state index contributed by atoms with van der Waals surface area (Å²) in [5.41, 5.74) is 2.77. The van der Waals surface area contributed by atoms with Crippen molar-refractivity contribution in [1.82, 2.24) is 20.0 Å². The van der Waals surface area contributed by atoms with Crippen molar-refractivity contribution >= 4 is 24.0 Å². The minimum absolute atomic E-state index is 0.101. The van der Waals surface area contributed by atoms with Gasteiger partial charge < -0.3 is 0 Å². The molecule has 4 aromatic rings. The van der Waals surface area contributed by atoms with E-state index in [1.165, 1.54) is 4.46 Å². The average molecular weight is 407 g/mol. The number of benzene rings is 2. The summed E-state index contributed by atoms with van der Waals surface area (Å²) in [6, 6.07) is 22.1. The van der Waals surface area contributed by atoms with Gasteiger partial charge in [0.15, 0.2) is 0 Å². The van der Waals surface area contributed by atoms with Gasteiger partial charge in [-0.05, 0) is 0 Å². The summed E-state index contributed by atoms with van der Waals surface area (Å²) in [7, 11) is 1.66. The molecule has 128 valence electrons. The van der Waals surface area contributed by atoms with Gasteiger partial charge in [0, 0.05) is 0 Å². The second-order valence-corrected chi connectivity index (χ2v) is 7.75. The van der Waals surface area contributed by atoms with Gasteiger partial charge in [0.05, 0.1) is 0 Å². The quantitative estimate of drug-likeness (QED) is 0.475. The molecule has 0 radical (unpaired) electrons. The van der Waals surface area contributed by atoms with Crippen molar-refractivity contribution < 1.29 is 4.74 Å². The average Bonchev–Trinajstić information content (AvgIpc) is 3.19. The second-order valence-electron chi connectivity index (χ2n) is 5.52. The van der Waals surface area contributed by atoms with Crippen molar-refractivity contribution in [2.24, 2.45) is 0 Å². The van der Waals surface area contributed by atoms with Crippen LogP contribution in [0, 0.1) is 0 Å². The van der Waals surface area contributed by atoms with Crippen LogP contribution in [-0.2, 0) is 0 Å². The number of hydrogen-bond acceptors (Lipinski definition) is 4. The molecule has 5 nitrogen and oxygen atoms in total. The predicted molar refractivity (Wildman–Crippen MR) is 103 cm³/mol. The van der Waals surface area contributed by atoms with Crippen molar-refractivity contribution in [3.05, 3.63) is 79.1 Å². The van der Waals surface area contributed by atoms with Crippen molar-refractivity contribution in [2.45, 2.75) is 0 Å². The molecule has 2 aromatic carbocycles. The molecule has 0 aliphatic rings. The first-order valence-electron chi connectivity index (χ1n) is 8.08. The van der Waals surface area contributed by atoms with Crippen molar-refractivity contribution in [1.29, 1.82) is 0 Å². The Morgan fingerprint density at radius 2 is 1.73 bits per heavy atom. The molecule has 0 spiro atoms. The van der Waals surface area contributed by atoms with Crippen LogP contribution < -0.4 is 13.8 Å². The molecule has 0 saturated heterocycles. The molecular weight excluding hydrogens is 391 g/mol. The summed E-state index contributed by atoms with van der Waals surface area (Å²) < 4.78 is 9.30. The fourth-order valence-electron chi connectivity index (χ4n) is 2.51. The number of hydrogen-bond donors (Lipinski definition) is 0. The zero-order chi connectivity index (χ0) is 17.8. The predicted octanol–water partition coefficient (Wildman–Crippen LogP) is 1.99. The normalized spacial score (nSPS) is 10.7. The molecule has 0 amide bonds. The number of aromatic nitrogens is 4. The van der Waals surface area contributed by atoms with Crippen LogP contribution >= 0.6 is 0 Å². The Morgan fingerprint density at radius 1 is 0.923 bits per heavy atom. The fraction of sp³-hybridized carbons (Fsp3) is 0.0500. The topological polar surface area (TPSA) is 52.8 Å². The second kappa shape index (κ2) is 7.52. The first-order valence-corrected chi connectivity index (χ1v) is 9.80. The third kappa shape index (κ3) is 3.52. The molecule has 0 atom stereocenters. The van der Waals surface area contributed by atoms with Gasteiger partial charge in [0.1, 0.15) is 0 Å². The van der Waals surface area contributed by atoms with Gasteiger partial charge in [0.25, 0.3) is 0 Å². The van der Waals surface area contributed by atoms with Crippen LogP contribution in [0.2, 0.25) is 0 Å². The molecule has 6 heteroatoms. The van der Waals surface area contributed by atoms with E-state index in [9.17, 15) is 0 Å². The Morgan fingerprint density at radius 3 is 2.50 bits per heavy atom. The van der Waals surface area contributed by atoms with Gasteiger partial charge >= 0.3 is 158 Å². The van der Waals surface area contributed by atoms with E-state index in [2.05, 4.69) is 39.6 Å². The van der Waals surface area contributed by atoms with Gasteiger partial charge in [-0.25, -0.2) is 0 Å². The standard InChI is InChI=1S/C20H16N4OSe/c1-25-16-11-9-15(10-12-16)18-14-24(23-22-18)19-8-5-13-21-20(19)26-17-6-3-2-4-7-17/h2-14H,1H3. The van der Waals surface area contributed by atoms with Crippen LogP contribution in [0.5, 0.6) is 5.75 Å². The Kier molecular flexibility index (Phi) is 4.77. The van der Waals surface area contributed by atoms with Crippen LogP contribution in [0.4, 0.5) is 0 Å². The monoisotopic (exact) mass is 408 g/mol. The Hall–Kier alpha value is -2.95. The van der Waals surface area contributed by atoms with Crippen LogP contribution in [0.15, 0.2) is 79.1 Å². The van der Waals surface area contributed by atoms with Crippen LogP contribution in [0.25, 0.3) is 16.9 Å². The molecular formula is C20H16N4OSe. The SMILES string of the molecule is COc1ccc(-c2cn(-c3cccnc3[Se]c3ccccc3)nn2)cc1. The van der Waals surface area contributed by atoms with Gasteiger partial charge in [-0.1, -0.05) is 0 Å². The van der Waals surface area contributed by atoms with E-state index >= 15 is 0 Å². The van der Waals surface area contributed by atoms with E-state index in [4.69, 9.17) is 4.74 Å². The fourth-order valence-corrected chi connectivity index (χ4v) is 4.39. The summed E-state index contributed by atoms with van der Waals surface area (Å²) in [4.78, 5) is 4.58. The first-order chi connectivity index (χ1) is 12.8. The zero-order valence-corrected chi connectivity index (χ0v) is 15.8. The first kappa shape index (κ1) is 16.5. The number of ether oxygens (including phenoxy) is 1. The van der Waals surface area contributed by atoms with E-state index in [0.29, 0.717) is 0 Å². The van der Waals surface area contributed by atoms with E-state index in [-0.39, 0.29) is 15.0 Å². The third-order valence-corrected chi connectivity index (χ3v) is 5.97. The Balaban J connectivity index is 1.65. The summed E-state index contributed by atoms with van der Waals surface area (Å²) in [5, 5.41) is 8.63. The summed E-state index contributed by atoms with van der Waals surface area (Å²) in [6.07, 6.45) is 3.76. The number of nitrogens with zero attached hydrogens (tertiary/aromatic N) is 4. The third-order valence-electron chi connectivity index (χ3n) is 3.83. The molecule has 2 aromatic heterocycles. The van der Waals surface area contributed by atoms with E-state index < -0.39 is 0 Å². The van der Waals surface area contributed by atoms with Crippen molar-refractivity contribution in [3.8, 4) is 22.7 Å². The molecule has 0 aliphatic carbocycles. The molecule has 0 saturated carbocycles. The van der Waals surface area contributed by atoms with Gasteiger partial charge in [-0.15, -0.1) is 0 Å². The molecule has 0 aliphatic heterocycles. The van der Waals surface area contributed by atoms with Crippen LogP contribution in [-0.4, -0.2) is 42.0 Å². The Bertz CT molecular complexity index is 1000. The molecule has 4 rings (SSSR count). The zero-order valence-electron chi connectivity index (χ0n) is 14.1. The summed E-state index contributed by atoms with van der Waals surface area (Å²) in [6.45, 7) is 0. The van der Waals surface area contributed by atoms with E-state index in [1.807, 2.05) is 54.9 Å². The molecule has 0 bridgehead atoms. The molecule has 2 heterocycles. The van der Waals surface area contributed by atoms with Crippen molar-refractivity contribution in [2.75, 3.05) is 7.11 Å².